The number of rotatable bonds is 3. The molecule has 1 aromatic carbocycles. The highest BCUT2D eigenvalue weighted by atomic mass is 35.5. The molecule has 0 aliphatic carbocycles. The fourth-order valence-electron chi connectivity index (χ4n) is 3.36. The molecule has 7 nitrogen and oxygen atoms in total. The first-order valence-electron chi connectivity index (χ1n) is 11.2. The molecule has 1 aliphatic rings. The molecule has 184 valence electrons. The first-order valence-corrected chi connectivity index (χ1v) is 11.6. The van der Waals surface area contributed by atoms with Crippen LogP contribution in [0.5, 0.6) is 0 Å². The number of hydrogen-bond acceptors (Lipinski definition) is 5. The van der Waals surface area contributed by atoms with Crippen LogP contribution in [0.2, 0.25) is 5.02 Å². The Hall–Kier alpha value is -2.25. The Morgan fingerprint density at radius 2 is 1.67 bits per heavy atom. The molecule has 0 spiro atoms. The topological polar surface area (TPSA) is 77.1 Å². The highest BCUT2D eigenvalue weighted by Crippen LogP contribution is 2.32. The van der Waals surface area contributed by atoms with Crippen LogP contribution in [-0.2, 0) is 14.2 Å². The third-order valence-electron chi connectivity index (χ3n) is 4.76. The zero-order valence-electron chi connectivity index (χ0n) is 20.9. The molecule has 0 bridgehead atoms. The van der Waals surface area contributed by atoms with Crippen LogP contribution in [0.1, 0.15) is 73.8 Å². The lowest BCUT2D eigenvalue weighted by Crippen LogP contribution is -2.60. The van der Waals surface area contributed by atoms with Crippen molar-refractivity contribution in [1.82, 2.24) is 10.4 Å². The van der Waals surface area contributed by atoms with Crippen molar-refractivity contribution in [2.45, 2.75) is 97.2 Å². The number of hydrazine groups is 1. The third-order valence-corrected chi connectivity index (χ3v) is 5.01. The fourth-order valence-corrected chi connectivity index (χ4v) is 3.49. The molecule has 1 unspecified atom stereocenters. The summed E-state index contributed by atoms with van der Waals surface area (Å²) in [6, 6.07) is 6.91. The second-order valence-electron chi connectivity index (χ2n) is 10.8. The molecule has 1 aliphatic heterocycles. The first-order chi connectivity index (χ1) is 15.0. The maximum absolute atomic E-state index is 13.1. The number of carbonyl (C=O) groups is 2. The summed E-state index contributed by atoms with van der Waals surface area (Å²) in [7, 11) is 0. The van der Waals surface area contributed by atoms with E-state index in [-0.39, 0.29) is 0 Å². The molecule has 1 saturated heterocycles. The number of nitrogens with one attached hydrogen (secondary N) is 1. The van der Waals surface area contributed by atoms with Crippen LogP contribution >= 0.6 is 11.6 Å². The van der Waals surface area contributed by atoms with Gasteiger partial charge in [-0.1, -0.05) is 35.9 Å². The minimum absolute atomic E-state index is 0.392. The lowest BCUT2D eigenvalue weighted by atomic mass is 9.90. The summed E-state index contributed by atoms with van der Waals surface area (Å²) >= 11 is 5.99. The molecule has 0 radical (unpaired) electrons. The first kappa shape index (κ1) is 27.0. The second-order valence-corrected chi connectivity index (χ2v) is 11.3. The van der Waals surface area contributed by atoms with E-state index in [1.807, 2.05) is 38.1 Å². The maximum atomic E-state index is 13.1. The van der Waals surface area contributed by atoms with E-state index in [0.29, 0.717) is 17.9 Å². The van der Waals surface area contributed by atoms with Crippen molar-refractivity contribution in [3.8, 4) is 0 Å². The quantitative estimate of drug-likeness (QED) is 0.509. The molecular weight excluding hydrogens is 444 g/mol. The Balaban J connectivity index is 2.35. The third kappa shape index (κ3) is 9.26. The number of amides is 2. The summed E-state index contributed by atoms with van der Waals surface area (Å²) in [4.78, 5) is 25.7. The molecule has 0 saturated carbocycles. The van der Waals surface area contributed by atoms with E-state index >= 15 is 0 Å². The van der Waals surface area contributed by atoms with Gasteiger partial charge in [0.15, 0.2) is 0 Å². The van der Waals surface area contributed by atoms with Crippen LogP contribution in [-0.4, -0.2) is 46.1 Å². The molecule has 1 heterocycles. The van der Waals surface area contributed by atoms with Crippen molar-refractivity contribution in [2.75, 3.05) is 0 Å². The zero-order chi connectivity index (χ0) is 25.0. The highest BCUT2D eigenvalue weighted by molar-refractivity contribution is 6.30. The lowest BCUT2D eigenvalue weighted by molar-refractivity contribution is -0.129. The van der Waals surface area contributed by atoms with Crippen LogP contribution in [0.15, 0.2) is 30.3 Å². The summed E-state index contributed by atoms with van der Waals surface area (Å²) in [6.07, 6.45) is 3.19. The predicted octanol–water partition coefficient (Wildman–Crippen LogP) is 6.36. The van der Waals surface area contributed by atoms with Gasteiger partial charge in [-0.2, -0.15) is 0 Å². The van der Waals surface area contributed by atoms with E-state index < -0.39 is 41.1 Å². The minimum Gasteiger partial charge on any atom is -0.443 e. The van der Waals surface area contributed by atoms with E-state index in [2.05, 4.69) is 5.43 Å². The number of halogens is 1. The SMILES string of the molecule is CC(C)(C)OC(=O)NN(C(=O)OC(C)(C)C)C1CCC(C)(C)O[C@@H]1C=Cc1ccc(Cl)cc1. The number of benzene rings is 1. The van der Waals surface area contributed by atoms with Crippen molar-refractivity contribution in [3.05, 3.63) is 40.9 Å². The van der Waals surface area contributed by atoms with Crippen LogP contribution in [0.3, 0.4) is 0 Å². The summed E-state index contributed by atoms with van der Waals surface area (Å²) in [6.45, 7) is 14.6. The predicted molar refractivity (Wildman–Crippen MR) is 130 cm³/mol. The number of ether oxygens (including phenoxy) is 3. The highest BCUT2D eigenvalue weighted by Gasteiger charge is 2.42. The van der Waals surface area contributed by atoms with Gasteiger partial charge in [0.1, 0.15) is 11.2 Å². The van der Waals surface area contributed by atoms with Gasteiger partial charge in [-0.25, -0.2) is 20.0 Å². The van der Waals surface area contributed by atoms with Crippen LogP contribution < -0.4 is 5.43 Å². The van der Waals surface area contributed by atoms with Crippen molar-refractivity contribution in [1.29, 1.82) is 0 Å². The largest absolute Gasteiger partial charge is 0.443 e. The van der Waals surface area contributed by atoms with E-state index in [9.17, 15) is 9.59 Å². The normalized spacial score (nSPS) is 20.9. The molecular formula is C25H37ClN2O5. The molecule has 2 atom stereocenters. The Kier molecular flexibility index (Phi) is 8.47. The molecule has 1 N–H and O–H groups in total. The summed E-state index contributed by atoms with van der Waals surface area (Å²) in [5.74, 6) is 0. The Morgan fingerprint density at radius 3 is 2.21 bits per heavy atom. The number of nitrogens with zero attached hydrogens (tertiary/aromatic N) is 1. The van der Waals surface area contributed by atoms with Gasteiger partial charge in [0, 0.05) is 5.02 Å². The average Bonchev–Trinajstić information content (AvgIpc) is 2.63. The smallest absolute Gasteiger partial charge is 0.429 e. The molecule has 33 heavy (non-hydrogen) atoms. The van der Waals surface area contributed by atoms with Crippen molar-refractivity contribution in [2.24, 2.45) is 0 Å². The van der Waals surface area contributed by atoms with Crippen LogP contribution in [0.4, 0.5) is 9.59 Å². The van der Waals surface area contributed by atoms with Crippen molar-refractivity contribution < 1.29 is 23.8 Å². The van der Waals surface area contributed by atoms with Gasteiger partial charge in [0.2, 0.25) is 0 Å². The van der Waals surface area contributed by atoms with Gasteiger partial charge >= 0.3 is 12.2 Å². The van der Waals surface area contributed by atoms with Gasteiger partial charge < -0.3 is 14.2 Å². The van der Waals surface area contributed by atoms with Crippen molar-refractivity contribution in [3.63, 3.8) is 0 Å². The lowest BCUT2D eigenvalue weighted by Gasteiger charge is -2.44. The minimum atomic E-state index is -0.742. The second kappa shape index (κ2) is 10.3. The van der Waals surface area contributed by atoms with Crippen LogP contribution in [0.25, 0.3) is 6.08 Å². The Bertz CT molecular complexity index is 853. The maximum Gasteiger partial charge on any atom is 0.429 e. The summed E-state index contributed by atoms with van der Waals surface area (Å²) in [5, 5.41) is 1.85. The molecule has 1 aromatic rings. The number of hydrogen-bond donors (Lipinski definition) is 1. The average molecular weight is 481 g/mol. The van der Waals surface area contributed by atoms with Gasteiger partial charge in [-0.3, -0.25) is 0 Å². The molecule has 2 rings (SSSR count). The van der Waals surface area contributed by atoms with Gasteiger partial charge in [-0.05, 0) is 85.9 Å². The summed E-state index contributed by atoms with van der Waals surface area (Å²) in [5.41, 5.74) is 1.68. The van der Waals surface area contributed by atoms with E-state index in [4.69, 9.17) is 25.8 Å². The van der Waals surface area contributed by atoms with Crippen molar-refractivity contribution >= 4 is 29.9 Å². The fraction of sp³-hybridized carbons (Fsp3) is 0.600. The molecule has 0 aromatic heterocycles. The zero-order valence-corrected chi connectivity index (χ0v) is 21.7. The Labute approximate surface area is 202 Å². The van der Waals surface area contributed by atoms with Gasteiger partial charge in [0.05, 0.1) is 17.7 Å². The number of carbonyl (C=O) groups excluding carboxylic acids is 2. The van der Waals surface area contributed by atoms with E-state index in [1.165, 1.54) is 5.01 Å². The van der Waals surface area contributed by atoms with Gasteiger partial charge in [-0.15, -0.1) is 0 Å². The van der Waals surface area contributed by atoms with Crippen LogP contribution in [0, 0.1) is 0 Å². The summed E-state index contributed by atoms with van der Waals surface area (Å²) < 4.78 is 17.3. The van der Waals surface area contributed by atoms with E-state index in [0.717, 1.165) is 5.56 Å². The standard InChI is InChI=1S/C25H37ClN2O5/c1-23(2,3)32-21(29)27-28(22(30)33-24(4,5)6)19-15-16-25(7,8)31-20(19)14-11-17-9-12-18(26)13-10-17/h9-14,19-20H,15-16H2,1-8H3,(H,27,29)/t19?,20-/m1/s1. The molecule has 2 amide bonds. The molecule has 1 fully saturated rings. The monoisotopic (exact) mass is 480 g/mol. The van der Waals surface area contributed by atoms with E-state index in [1.54, 1.807) is 53.7 Å². The Morgan fingerprint density at radius 1 is 1.09 bits per heavy atom. The molecule has 8 heteroatoms. The van der Waals surface area contributed by atoms with Gasteiger partial charge in [0.25, 0.3) is 0 Å².